The van der Waals surface area contributed by atoms with E-state index in [1.807, 2.05) is 0 Å². The van der Waals surface area contributed by atoms with E-state index in [0.717, 1.165) is 0 Å². The minimum atomic E-state index is -3.45. The van der Waals surface area contributed by atoms with Gasteiger partial charge in [-0.05, 0) is 31.9 Å². The van der Waals surface area contributed by atoms with Crippen LogP contribution in [0.5, 0.6) is 0 Å². The number of nitrogens with zero attached hydrogens (tertiary/aromatic N) is 1. The van der Waals surface area contributed by atoms with Crippen molar-refractivity contribution in [3.05, 3.63) is 17.9 Å². The number of aryl methyl sites for hydroxylation is 1. The standard InChI is InChI=1S/C10H16N2O3S.ClH/c1-8-2-3-10(15-8)16(13,14)12-6-4-9(11)5-7-12;/h2-3,9H,4-7,11H2,1H3;1H. The molecule has 2 N–H and O–H groups in total. The van der Waals surface area contributed by atoms with Crippen LogP contribution in [0.3, 0.4) is 0 Å². The van der Waals surface area contributed by atoms with Crippen LogP contribution in [-0.2, 0) is 10.0 Å². The molecule has 0 saturated carbocycles. The molecule has 1 fully saturated rings. The molecular formula is C10H17ClN2O3S. The molecule has 7 heteroatoms. The lowest BCUT2D eigenvalue weighted by molar-refractivity contribution is 0.308. The quantitative estimate of drug-likeness (QED) is 0.881. The van der Waals surface area contributed by atoms with Crippen LogP contribution in [0.1, 0.15) is 18.6 Å². The maximum Gasteiger partial charge on any atom is 0.276 e. The summed E-state index contributed by atoms with van der Waals surface area (Å²) >= 11 is 0. The van der Waals surface area contributed by atoms with Gasteiger partial charge in [-0.25, -0.2) is 8.42 Å². The lowest BCUT2D eigenvalue weighted by Gasteiger charge is -2.28. The third kappa shape index (κ3) is 3.01. The van der Waals surface area contributed by atoms with Crippen molar-refractivity contribution in [1.82, 2.24) is 4.31 Å². The topological polar surface area (TPSA) is 76.5 Å². The molecule has 1 aromatic rings. The van der Waals surface area contributed by atoms with Crippen molar-refractivity contribution in [2.24, 2.45) is 5.73 Å². The Morgan fingerprint density at radius 1 is 1.35 bits per heavy atom. The Kier molecular flexibility index (Phi) is 4.60. The van der Waals surface area contributed by atoms with Crippen LogP contribution in [0.2, 0.25) is 0 Å². The summed E-state index contributed by atoms with van der Waals surface area (Å²) in [7, 11) is -3.45. The summed E-state index contributed by atoms with van der Waals surface area (Å²) in [6.07, 6.45) is 1.41. The molecule has 2 heterocycles. The van der Waals surface area contributed by atoms with E-state index in [9.17, 15) is 8.42 Å². The largest absolute Gasteiger partial charge is 0.449 e. The first kappa shape index (κ1) is 14.5. The lowest BCUT2D eigenvalue weighted by Crippen LogP contribution is -2.42. The van der Waals surface area contributed by atoms with E-state index in [4.69, 9.17) is 10.2 Å². The summed E-state index contributed by atoms with van der Waals surface area (Å²) in [5.41, 5.74) is 5.74. The third-order valence-corrected chi connectivity index (χ3v) is 4.58. The number of sulfonamides is 1. The van der Waals surface area contributed by atoms with Crippen LogP contribution in [0.4, 0.5) is 0 Å². The second-order valence-electron chi connectivity index (χ2n) is 4.11. The number of furan rings is 1. The van der Waals surface area contributed by atoms with Crippen LogP contribution >= 0.6 is 12.4 Å². The van der Waals surface area contributed by atoms with E-state index in [-0.39, 0.29) is 23.5 Å². The minimum Gasteiger partial charge on any atom is -0.449 e. The Labute approximate surface area is 107 Å². The Morgan fingerprint density at radius 2 is 1.94 bits per heavy atom. The lowest BCUT2D eigenvalue weighted by atomic mass is 10.1. The van der Waals surface area contributed by atoms with Gasteiger partial charge >= 0.3 is 0 Å². The summed E-state index contributed by atoms with van der Waals surface area (Å²) in [4.78, 5) is 0. The highest BCUT2D eigenvalue weighted by atomic mass is 35.5. The van der Waals surface area contributed by atoms with Gasteiger partial charge in [0.2, 0.25) is 5.09 Å². The van der Waals surface area contributed by atoms with Gasteiger partial charge < -0.3 is 10.2 Å². The first-order chi connectivity index (χ1) is 7.50. The van der Waals surface area contributed by atoms with Gasteiger partial charge in [0.1, 0.15) is 5.76 Å². The van der Waals surface area contributed by atoms with Crippen LogP contribution < -0.4 is 5.73 Å². The van der Waals surface area contributed by atoms with Gasteiger partial charge in [0.25, 0.3) is 10.0 Å². The number of piperidine rings is 1. The van der Waals surface area contributed by atoms with E-state index in [1.54, 1.807) is 13.0 Å². The van der Waals surface area contributed by atoms with E-state index in [0.29, 0.717) is 31.7 Å². The molecule has 0 spiro atoms. The van der Waals surface area contributed by atoms with Crippen molar-refractivity contribution >= 4 is 22.4 Å². The highest BCUT2D eigenvalue weighted by Gasteiger charge is 2.30. The summed E-state index contributed by atoms with van der Waals surface area (Å²) in [6, 6.07) is 3.27. The van der Waals surface area contributed by atoms with Crippen LogP contribution in [-0.4, -0.2) is 31.9 Å². The fourth-order valence-corrected chi connectivity index (χ4v) is 3.22. The normalized spacial score (nSPS) is 18.9. The fourth-order valence-electron chi connectivity index (χ4n) is 1.79. The SMILES string of the molecule is Cc1ccc(S(=O)(=O)N2CCC(N)CC2)o1.Cl. The first-order valence-corrected chi connectivity index (χ1v) is 6.76. The monoisotopic (exact) mass is 280 g/mol. The molecule has 0 atom stereocenters. The zero-order chi connectivity index (χ0) is 11.8. The Hall–Kier alpha value is -0.560. The van der Waals surface area contributed by atoms with Gasteiger partial charge in [0.15, 0.2) is 0 Å². The Morgan fingerprint density at radius 3 is 2.41 bits per heavy atom. The van der Waals surface area contributed by atoms with Gasteiger partial charge in [-0.2, -0.15) is 4.31 Å². The molecule has 0 bridgehead atoms. The highest BCUT2D eigenvalue weighted by molar-refractivity contribution is 7.89. The predicted octanol–water partition coefficient (Wildman–Crippen LogP) is 1.12. The van der Waals surface area contributed by atoms with Crippen LogP contribution in [0.25, 0.3) is 0 Å². The van der Waals surface area contributed by atoms with Gasteiger partial charge in [-0.15, -0.1) is 12.4 Å². The van der Waals surface area contributed by atoms with Crippen molar-refractivity contribution in [2.45, 2.75) is 30.9 Å². The van der Waals surface area contributed by atoms with Crippen molar-refractivity contribution in [3.63, 3.8) is 0 Å². The van der Waals surface area contributed by atoms with Crippen molar-refractivity contribution < 1.29 is 12.8 Å². The average Bonchev–Trinajstić information content (AvgIpc) is 2.66. The molecule has 2 rings (SSSR count). The summed E-state index contributed by atoms with van der Waals surface area (Å²) in [6.45, 7) is 2.68. The molecule has 0 aromatic carbocycles. The molecular weight excluding hydrogens is 264 g/mol. The molecule has 1 aromatic heterocycles. The van der Waals surface area contributed by atoms with Crippen LogP contribution in [0.15, 0.2) is 21.6 Å². The van der Waals surface area contributed by atoms with Crippen molar-refractivity contribution in [3.8, 4) is 0 Å². The number of hydrogen-bond donors (Lipinski definition) is 1. The maximum atomic E-state index is 12.1. The zero-order valence-corrected chi connectivity index (χ0v) is 11.3. The number of halogens is 1. The second kappa shape index (κ2) is 5.39. The fraction of sp³-hybridized carbons (Fsp3) is 0.600. The molecule has 98 valence electrons. The molecule has 17 heavy (non-hydrogen) atoms. The molecule has 5 nitrogen and oxygen atoms in total. The van der Waals surface area contributed by atoms with Gasteiger partial charge in [0, 0.05) is 19.1 Å². The summed E-state index contributed by atoms with van der Waals surface area (Å²) in [5, 5.41) is 0.0282. The summed E-state index contributed by atoms with van der Waals surface area (Å²) in [5.74, 6) is 0.604. The molecule has 0 amide bonds. The van der Waals surface area contributed by atoms with Gasteiger partial charge in [-0.1, -0.05) is 0 Å². The highest BCUT2D eigenvalue weighted by Crippen LogP contribution is 2.21. The van der Waals surface area contributed by atoms with Crippen LogP contribution in [0, 0.1) is 6.92 Å². The predicted molar refractivity (Wildman–Crippen MR) is 66.7 cm³/mol. The average molecular weight is 281 g/mol. The molecule has 1 aliphatic rings. The minimum absolute atomic E-state index is 0. The first-order valence-electron chi connectivity index (χ1n) is 5.32. The van der Waals surface area contributed by atoms with E-state index < -0.39 is 10.0 Å². The van der Waals surface area contributed by atoms with Crippen molar-refractivity contribution in [2.75, 3.05) is 13.1 Å². The second-order valence-corrected chi connectivity index (χ2v) is 5.98. The molecule has 0 aliphatic carbocycles. The maximum absolute atomic E-state index is 12.1. The number of hydrogen-bond acceptors (Lipinski definition) is 4. The molecule has 1 saturated heterocycles. The van der Waals surface area contributed by atoms with E-state index >= 15 is 0 Å². The summed E-state index contributed by atoms with van der Waals surface area (Å²) < 4.78 is 30.8. The van der Waals surface area contributed by atoms with Crippen molar-refractivity contribution in [1.29, 1.82) is 0 Å². The third-order valence-electron chi connectivity index (χ3n) is 2.81. The van der Waals surface area contributed by atoms with E-state index in [2.05, 4.69) is 0 Å². The Balaban J connectivity index is 0.00000144. The smallest absolute Gasteiger partial charge is 0.276 e. The Bertz CT molecular complexity index is 464. The zero-order valence-electron chi connectivity index (χ0n) is 9.63. The number of nitrogens with two attached hydrogens (primary N) is 1. The molecule has 1 aliphatic heterocycles. The van der Waals surface area contributed by atoms with Gasteiger partial charge in [0.05, 0.1) is 0 Å². The van der Waals surface area contributed by atoms with Gasteiger partial charge in [-0.3, -0.25) is 0 Å². The van der Waals surface area contributed by atoms with E-state index in [1.165, 1.54) is 10.4 Å². The number of rotatable bonds is 2. The molecule has 0 unspecified atom stereocenters. The molecule has 0 radical (unpaired) electrons.